The lowest BCUT2D eigenvalue weighted by atomic mass is 10.2. The molecule has 4 nitrogen and oxygen atoms in total. The van der Waals surface area contributed by atoms with E-state index in [2.05, 4.69) is 73.0 Å². The first-order chi connectivity index (χ1) is 11.1. The first-order valence-electron chi connectivity index (χ1n) is 7.93. The van der Waals surface area contributed by atoms with Crippen LogP contribution in [0.5, 0.6) is 0 Å². The zero-order valence-corrected chi connectivity index (χ0v) is 13.7. The van der Waals surface area contributed by atoms with Crippen LogP contribution in [0.1, 0.15) is 5.56 Å². The summed E-state index contributed by atoms with van der Waals surface area (Å²) in [4.78, 5) is 12.0. The number of aromatic nitrogens is 3. The Morgan fingerprint density at radius 2 is 1.83 bits per heavy atom. The van der Waals surface area contributed by atoms with Crippen molar-refractivity contribution >= 4 is 33.1 Å². The van der Waals surface area contributed by atoms with Gasteiger partial charge in [0.05, 0.1) is 16.6 Å². The second-order valence-corrected chi connectivity index (χ2v) is 6.36. The van der Waals surface area contributed by atoms with Gasteiger partial charge in [0.1, 0.15) is 5.52 Å². The lowest BCUT2D eigenvalue weighted by Crippen LogP contribution is -2.18. The molecule has 0 aliphatic carbocycles. The summed E-state index contributed by atoms with van der Waals surface area (Å²) < 4.78 is 2.29. The molecule has 0 aliphatic rings. The Bertz CT molecular complexity index is 1010. The van der Waals surface area contributed by atoms with Crippen molar-refractivity contribution in [3.8, 4) is 0 Å². The van der Waals surface area contributed by atoms with Crippen LogP contribution in [0.4, 0.5) is 0 Å². The van der Waals surface area contributed by atoms with Crippen molar-refractivity contribution in [2.75, 3.05) is 20.6 Å². The maximum Gasteiger partial charge on any atom is 0.160 e. The first kappa shape index (κ1) is 14.2. The smallest absolute Gasteiger partial charge is 0.160 e. The third-order valence-corrected chi connectivity index (χ3v) is 4.28. The number of rotatable bonds is 3. The predicted octanol–water partition coefficient (Wildman–Crippen LogP) is 3.61. The number of likely N-dealkylation sites (N-methyl/N-ethyl adjacent to an activating group) is 1. The van der Waals surface area contributed by atoms with Crippen LogP contribution in [-0.4, -0.2) is 40.1 Å². The van der Waals surface area contributed by atoms with E-state index in [9.17, 15) is 0 Å². The van der Waals surface area contributed by atoms with Crippen LogP contribution >= 0.6 is 0 Å². The molecular formula is C19H20N4. The van der Waals surface area contributed by atoms with E-state index in [1.807, 2.05) is 0 Å². The van der Waals surface area contributed by atoms with E-state index in [1.54, 1.807) is 0 Å². The van der Waals surface area contributed by atoms with Gasteiger partial charge in [-0.15, -0.1) is 0 Å². The summed E-state index contributed by atoms with van der Waals surface area (Å²) in [6, 6.07) is 14.7. The zero-order chi connectivity index (χ0) is 16.0. The third kappa shape index (κ3) is 2.35. The van der Waals surface area contributed by atoms with Crippen molar-refractivity contribution in [1.82, 2.24) is 19.4 Å². The summed E-state index contributed by atoms with van der Waals surface area (Å²) in [5, 5.41) is 1.18. The molecule has 23 heavy (non-hydrogen) atoms. The van der Waals surface area contributed by atoms with Gasteiger partial charge in [-0.1, -0.05) is 24.3 Å². The van der Waals surface area contributed by atoms with Crippen LogP contribution in [0.25, 0.3) is 33.1 Å². The molecular weight excluding hydrogens is 284 g/mol. The standard InChI is InChI=1S/C19H20N4/c1-13-8-9-15-16(12-13)20-18-14-6-4-5-7-17(14)23(19(18)21-15)11-10-22(2)3/h4-9,12H,10-11H2,1-3H3. The monoisotopic (exact) mass is 304 g/mol. The minimum Gasteiger partial charge on any atom is -0.323 e. The second-order valence-electron chi connectivity index (χ2n) is 6.36. The molecule has 0 bridgehead atoms. The molecule has 4 aromatic rings. The molecule has 0 fully saturated rings. The Labute approximate surface area is 135 Å². The molecule has 4 heteroatoms. The van der Waals surface area contributed by atoms with E-state index in [4.69, 9.17) is 9.97 Å². The number of para-hydroxylation sites is 1. The minimum absolute atomic E-state index is 0.906. The predicted molar refractivity (Wildman–Crippen MR) is 95.8 cm³/mol. The number of benzene rings is 2. The van der Waals surface area contributed by atoms with Crippen LogP contribution in [0.2, 0.25) is 0 Å². The number of hydrogen-bond acceptors (Lipinski definition) is 3. The van der Waals surface area contributed by atoms with Gasteiger partial charge in [0.25, 0.3) is 0 Å². The Morgan fingerprint density at radius 1 is 1.00 bits per heavy atom. The lowest BCUT2D eigenvalue weighted by Gasteiger charge is -2.12. The van der Waals surface area contributed by atoms with Crippen molar-refractivity contribution in [2.24, 2.45) is 0 Å². The highest BCUT2D eigenvalue weighted by Crippen LogP contribution is 2.28. The number of nitrogens with zero attached hydrogens (tertiary/aromatic N) is 4. The summed E-state index contributed by atoms with van der Waals surface area (Å²) in [6.45, 7) is 3.97. The molecule has 2 aromatic heterocycles. The van der Waals surface area contributed by atoms with Crippen molar-refractivity contribution < 1.29 is 0 Å². The van der Waals surface area contributed by atoms with E-state index in [1.165, 1.54) is 16.5 Å². The number of hydrogen-bond donors (Lipinski definition) is 0. The zero-order valence-electron chi connectivity index (χ0n) is 13.7. The van der Waals surface area contributed by atoms with E-state index in [0.717, 1.165) is 35.3 Å². The van der Waals surface area contributed by atoms with Gasteiger partial charge < -0.3 is 9.47 Å². The van der Waals surface area contributed by atoms with Gasteiger partial charge in [-0.05, 0) is 44.8 Å². The van der Waals surface area contributed by atoms with Crippen LogP contribution in [0.15, 0.2) is 42.5 Å². The van der Waals surface area contributed by atoms with Gasteiger partial charge >= 0.3 is 0 Å². The summed E-state index contributed by atoms with van der Waals surface area (Å²) >= 11 is 0. The van der Waals surface area contributed by atoms with Gasteiger partial charge in [-0.25, -0.2) is 9.97 Å². The van der Waals surface area contributed by atoms with Crippen molar-refractivity contribution in [3.63, 3.8) is 0 Å². The van der Waals surface area contributed by atoms with Gasteiger partial charge in [0.15, 0.2) is 5.65 Å². The summed E-state index contributed by atoms with van der Waals surface area (Å²) in [7, 11) is 4.19. The molecule has 0 N–H and O–H groups in total. The van der Waals surface area contributed by atoms with Gasteiger partial charge in [0, 0.05) is 18.5 Å². The molecule has 0 spiro atoms. The molecule has 2 heterocycles. The highest BCUT2D eigenvalue weighted by Gasteiger charge is 2.14. The largest absolute Gasteiger partial charge is 0.323 e. The topological polar surface area (TPSA) is 34.0 Å². The molecule has 0 unspecified atom stereocenters. The van der Waals surface area contributed by atoms with E-state index >= 15 is 0 Å². The van der Waals surface area contributed by atoms with E-state index in [0.29, 0.717) is 0 Å². The quantitative estimate of drug-likeness (QED) is 0.580. The summed E-state index contributed by atoms with van der Waals surface area (Å²) in [6.07, 6.45) is 0. The lowest BCUT2D eigenvalue weighted by molar-refractivity contribution is 0.389. The fourth-order valence-electron chi connectivity index (χ4n) is 3.07. The van der Waals surface area contributed by atoms with Crippen LogP contribution in [0.3, 0.4) is 0 Å². The molecule has 0 atom stereocenters. The maximum absolute atomic E-state index is 4.92. The highest BCUT2D eigenvalue weighted by molar-refractivity contribution is 6.06. The highest BCUT2D eigenvalue weighted by atomic mass is 15.1. The normalized spacial score (nSPS) is 12.0. The van der Waals surface area contributed by atoms with Crippen molar-refractivity contribution in [3.05, 3.63) is 48.0 Å². The third-order valence-electron chi connectivity index (χ3n) is 4.28. The van der Waals surface area contributed by atoms with E-state index < -0.39 is 0 Å². The Balaban J connectivity index is 2.06. The molecule has 0 amide bonds. The fourth-order valence-corrected chi connectivity index (χ4v) is 3.07. The van der Waals surface area contributed by atoms with E-state index in [-0.39, 0.29) is 0 Å². The van der Waals surface area contributed by atoms with Crippen molar-refractivity contribution in [2.45, 2.75) is 13.5 Å². The molecule has 0 aliphatic heterocycles. The molecule has 0 saturated carbocycles. The SMILES string of the molecule is Cc1ccc2nc3c(nc2c1)c1ccccc1n3CCN(C)C. The number of aryl methyl sites for hydroxylation is 1. The molecule has 0 radical (unpaired) electrons. The number of fused-ring (bicyclic) bond motifs is 4. The Hall–Kier alpha value is -2.46. The Morgan fingerprint density at radius 3 is 2.65 bits per heavy atom. The van der Waals surface area contributed by atoms with Crippen LogP contribution in [-0.2, 0) is 6.54 Å². The average molecular weight is 304 g/mol. The van der Waals surface area contributed by atoms with Crippen molar-refractivity contribution in [1.29, 1.82) is 0 Å². The maximum atomic E-state index is 4.92. The summed E-state index contributed by atoms with van der Waals surface area (Å²) in [5.41, 5.74) is 6.31. The summed E-state index contributed by atoms with van der Waals surface area (Å²) in [5.74, 6) is 0. The molecule has 0 saturated heterocycles. The second kappa shape index (κ2) is 5.32. The van der Waals surface area contributed by atoms with Gasteiger partial charge in [-0.2, -0.15) is 0 Å². The molecule has 4 rings (SSSR count). The first-order valence-corrected chi connectivity index (χ1v) is 7.93. The molecule has 2 aromatic carbocycles. The van der Waals surface area contributed by atoms with Crippen LogP contribution in [0, 0.1) is 6.92 Å². The minimum atomic E-state index is 0.906. The van der Waals surface area contributed by atoms with Gasteiger partial charge in [0.2, 0.25) is 0 Å². The van der Waals surface area contributed by atoms with Gasteiger partial charge in [-0.3, -0.25) is 0 Å². The van der Waals surface area contributed by atoms with Crippen LogP contribution < -0.4 is 0 Å². The molecule has 116 valence electrons. The Kier molecular flexibility index (Phi) is 3.27. The fraction of sp³-hybridized carbons (Fsp3) is 0.263. The average Bonchev–Trinajstić information content (AvgIpc) is 2.84.